The van der Waals surface area contributed by atoms with E-state index in [2.05, 4.69) is 48.0 Å². The van der Waals surface area contributed by atoms with Gasteiger partial charge in [-0.1, -0.05) is 13.8 Å². The molecule has 29 heavy (non-hydrogen) atoms. The summed E-state index contributed by atoms with van der Waals surface area (Å²) in [5.41, 5.74) is 5.79. The normalized spacial score (nSPS) is 14.7. The largest absolute Gasteiger partial charge is 0.493 e. The van der Waals surface area contributed by atoms with Crippen LogP contribution in [-0.4, -0.2) is 38.1 Å². The van der Waals surface area contributed by atoms with Crippen molar-refractivity contribution in [2.45, 2.75) is 32.6 Å². The van der Waals surface area contributed by atoms with Crippen LogP contribution < -0.4 is 14.4 Å². The third-order valence-electron chi connectivity index (χ3n) is 5.76. The molecule has 1 fully saturated rings. The van der Waals surface area contributed by atoms with Gasteiger partial charge in [-0.05, 0) is 47.9 Å². The molecule has 5 heteroatoms. The summed E-state index contributed by atoms with van der Waals surface area (Å²) in [4.78, 5) is 17.5. The molecule has 0 radical (unpaired) electrons. The number of nitrogens with zero attached hydrogens (tertiary/aromatic N) is 1. The van der Waals surface area contributed by atoms with Crippen molar-refractivity contribution in [2.75, 3.05) is 32.2 Å². The maximum absolute atomic E-state index is 11.6. The number of carbonyl (C=O) groups excluding carboxylic acids is 1. The number of aromatic amines is 1. The lowest BCUT2D eigenvalue weighted by molar-refractivity contribution is -0.119. The molecule has 2 aromatic carbocycles. The molecule has 1 aliphatic heterocycles. The molecule has 0 aliphatic carbocycles. The lowest BCUT2D eigenvalue weighted by Crippen LogP contribution is -2.33. The van der Waals surface area contributed by atoms with Crippen LogP contribution in [0.4, 0.5) is 5.69 Å². The van der Waals surface area contributed by atoms with Crippen LogP contribution in [-0.2, 0) is 4.79 Å². The minimum atomic E-state index is 0.352. The molecule has 3 aromatic rings. The van der Waals surface area contributed by atoms with E-state index in [4.69, 9.17) is 9.47 Å². The van der Waals surface area contributed by atoms with Crippen molar-refractivity contribution in [1.29, 1.82) is 0 Å². The van der Waals surface area contributed by atoms with Crippen LogP contribution in [0.1, 0.15) is 38.2 Å². The molecule has 0 bridgehead atoms. The molecule has 2 heterocycles. The molecule has 152 valence electrons. The van der Waals surface area contributed by atoms with Gasteiger partial charge < -0.3 is 19.4 Å². The number of hydrogen-bond acceptors (Lipinski definition) is 4. The predicted molar refractivity (Wildman–Crippen MR) is 117 cm³/mol. The van der Waals surface area contributed by atoms with Crippen LogP contribution in [0.2, 0.25) is 0 Å². The van der Waals surface area contributed by atoms with Crippen molar-refractivity contribution >= 4 is 22.4 Å². The van der Waals surface area contributed by atoms with E-state index < -0.39 is 0 Å². The Labute approximate surface area is 171 Å². The summed E-state index contributed by atoms with van der Waals surface area (Å²) in [6.07, 6.45) is 1.28. The van der Waals surface area contributed by atoms with E-state index in [0.717, 1.165) is 41.4 Å². The molecule has 1 N–H and O–H groups in total. The van der Waals surface area contributed by atoms with Crippen LogP contribution in [0, 0.1) is 0 Å². The summed E-state index contributed by atoms with van der Waals surface area (Å²) in [6.45, 7) is 6.04. The Morgan fingerprint density at radius 3 is 2.34 bits per heavy atom. The van der Waals surface area contributed by atoms with Gasteiger partial charge in [0.15, 0.2) is 11.5 Å². The molecule has 1 saturated heterocycles. The van der Waals surface area contributed by atoms with Crippen LogP contribution in [0.25, 0.3) is 22.2 Å². The first kappa shape index (κ1) is 19.4. The van der Waals surface area contributed by atoms with Crippen molar-refractivity contribution < 1.29 is 14.3 Å². The Hall–Kier alpha value is -2.95. The number of carbonyl (C=O) groups is 1. The van der Waals surface area contributed by atoms with Gasteiger partial charge >= 0.3 is 0 Å². The summed E-state index contributed by atoms with van der Waals surface area (Å²) < 4.78 is 10.9. The average Bonchev–Trinajstić information content (AvgIpc) is 3.12. The van der Waals surface area contributed by atoms with Gasteiger partial charge in [-0.3, -0.25) is 4.79 Å². The van der Waals surface area contributed by atoms with Gasteiger partial charge in [0.05, 0.1) is 19.9 Å². The van der Waals surface area contributed by atoms with E-state index in [1.165, 1.54) is 16.6 Å². The fourth-order valence-electron chi connectivity index (χ4n) is 4.23. The molecule has 0 saturated carbocycles. The molecule has 4 rings (SSSR count). The maximum Gasteiger partial charge on any atom is 0.161 e. The smallest absolute Gasteiger partial charge is 0.161 e. The fourth-order valence-corrected chi connectivity index (χ4v) is 4.23. The molecular formula is C24H28N2O3. The quantitative estimate of drug-likeness (QED) is 0.653. The second kappa shape index (κ2) is 7.82. The Morgan fingerprint density at radius 1 is 0.966 bits per heavy atom. The molecule has 0 unspecified atom stereocenters. The number of nitrogens with one attached hydrogen (secondary N) is 1. The Balaban J connectivity index is 1.81. The zero-order chi connectivity index (χ0) is 20.5. The summed E-state index contributed by atoms with van der Waals surface area (Å²) in [6, 6.07) is 12.6. The Kier molecular flexibility index (Phi) is 5.22. The maximum atomic E-state index is 11.6. The van der Waals surface area contributed by atoms with E-state index >= 15 is 0 Å². The van der Waals surface area contributed by atoms with E-state index in [9.17, 15) is 4.79 Å². The first-order chi connectivity index (χ1) is 14.0. The summed E-state index contributed by atoms with van der Waals surface area (Å²) in [7, 11) is 3.31. The number of fused-ring (bicyclic) bond motifs is 1. The highest BCUT2D eigenvalue weighted by Crippen LogP contribution is 2.40. The number of ketones is 1. The number of Topliss-reactive ketones (excluding diaryl/α,β-unsaturated/α-hetero) is 1. The van der Waals surface area contributed by atoms with Gasteiger partial charge in [0.25, 0.3) is 0 Å². The first-order valence-electron chi connectivity index (χ1n) is 10.2. The lowest BCUT2D eigenvalue weighted by Gasteiger charge is -2.28. The second-order valence-electron chi connectivity index (χ2n) is 7.89. The predicted octanol–water partition coefficient (Wildman–Crippen LogP) is 5.14. The molecule has 1 aromatic heterocycles. The second-order valence-corrected chi connectivity index (χ2v) is 7.89. The van der Waals surface area contributed by atoms with E-state index in [1.54, 1.807) is 14.2 Å². The van der Waals surface area contributed by atoms with Gasteiger partial charge in [0.1, 0.15) is 5.78 Å². The van der Waals surface area contributed by atoms with Crippen LogP contribution in [0.15, 0.2) is 36.4 Å². The third-order valence-corrected chi connectivity index (χ3v) is 5.76. The fraction of sp³-hybridized carbons (Fsp3) is 0.375. The molecule has 0 spiro atoms. The molecule has 0 amide bonds. The number of piperidine rings is 1. The van der Waals surface area contributed by atoms with Crippen LogP contribution in [0.5, 0.6) is 11.5 Å². The van der Waals surface area contributed by atoms with Crippen LogP contribution >= 0.6 is 0 Å². The van der Waals surface area contributed by atoms with Gasteiger partial charge in [0.2, 0.25) is 0 Å². The molecule has 5 nitrogen and oxygen atoms in total. The van der Waals surface area contributed by atoms with Crippen molar-refractivity contribution in [3.8, 4) is 22.8 Å². The standard InChI is InChI=1S/C24H28N2O3/c1-15(2)23-19-14-17(26-11-9-18(27)10-12-26)6-7-20(19)25-24(23)16-5-8-21(28-3)22(13-16)29-4/h5-8,13-15,25H,9-12H2,1-4H3. The number of benzene rings is 2. The summed E-state index contributed by atoms with van der Waals surface area (Å²) >= 11 is 0. The highest BCUT2D eigenvalue weighted by Gasteiger charge is 2.20. The van der Waals surface area contributed by atoms with Crippen LogP contribution in [0.3, 0.4) is 0 Å². The van der Waals surface area contributed by atoms with E-state index in [-0.39, 0.29) is 0 Å². The first-order valence-corrected chi connectivity index (χ1v) is 10.2. The van der Waals surface area contributed by atoms with Gasteiger partial charge in [-0.15, -0.1) is 0 Å². The SMILES string of the molecule is COc1ccc(-c2[nH]c3ccc(N4CCC(=O)CC4)cc3c2C(C)C)cc1OC. The van der Waals surface area contributed by atoms with Crippen molar-refractivity contribution in [3.63, 3.8) is 0 Å². The number of hydrogen-bond donors (Lipinski definition) is 1. The Bertz CT molecular complexity index is 1040. The van der Waals surface area contributed by atoms with Gasteiger partial charge in [-0.25, -0.2) is 0 Å². The van der Waals surface area contributed by atoms with Gasteiger partial charge in [0, 0.05) is 48.1 Å². The zero-order valence-corrected chi connectivity index (χ0v) is 17.5. The van der Waals surface area contributed by atoms with Crippen molar-refractivity contribution in [2.24, 2.45) is 0 Å². The Morgan fingerprint density at radius 2 is 1.69 bits per heavy atom. The highest BCUT2D eigenvalue weighted by atomic mass is 16.5. The zero-order valence-electron chi connectivity index (χ0n) is 17.5. The summed E-state index contributed by atoms with van der Waals surface area (Å²) in [5, 5.41) is 1.24. The number of H-pyrrole nitrogens is 1. The monoisotopic (exact) mass is 392 g/mol. The van der Waals surface area contributed by atoms with E-state index in [1.807, 2.05) is 12.1 Å². The topological polar surface area (TPSA) is 54.6 Å². The lowest BCUT2D eigenvalue weighted by atomic mass is 9.95. The molecular weight excluding hydrogens is 364 g/mol. The number of rotatable bonds is 5. The minimum Gasteiger partial charge on any atom is -0.493 e. The number of methoxy groups -OCH3 is 2. The number of anilines is 1. The van der Waals surface area contributed by atoms with Gasteiger partial charge in [-0.2, -0.15) is 0 Å². The van der Waals surface area contributed by atoms with Crippen molar-refractivity contribution in [1.82, 2.24) is 4.98 Å². The third kappa shape index (κ3) is 3.57. The summed E-state index contributed by atoms with van der Waals surface area (Å²) in [5.74, 6) is 2.16. The molecule has 0 atom stereocenters. The highest BCUT2D eigenvalue weighted by molar-refractivity contribution is 5.94. The number of ether oxygens (including phenoxy) is 2. The van der Waals surface area contributed by atoms with E-state index in [0.29, 0.717) is 24.5 Å². The number of aromatic nitrogens is 1. The average molecular weight is 392 g/mol. The van der Waals surface area contributed by atoms with Crippen molar-refractivity contribution in [3.05, 3.63) is 42.0 Å². The molecule has 1 aliphatic rings. The minimum absolute atomic E-state index is 0.352.